The molecule has 1 saturated heterocycles. The lowest BCUT2D eigenvalue weighted by molar-refractivity contribution is 0.0566. The van der Waals surface area contributed by atoms with Crippen LogP contribution >= 0.6 is 0 Å². The van der Waals surface area contributed by atoms with Gasteiger partial charge in [0, 0.05) is 48.2 Å². The van der Waals surface area contributed by atoms with Gasteiger partial charge in [-0.1, -0.05) is 12.8 Å². The van der Waals surface area contributed by atoms with Crippen LogP contribution in [0.3, 0.4) is 0 Å². The van der Waals surface area contributed by atoms with E-state index in [0.717, 1.165) is 30.3 Å². The fourth-order valence-electron chi connectivity index (χ4n) is 4.35. The Morgan fingerprint density at radius 3 is 2.86 bits per heavy atom. The number of rotatable bonds is 2. The maximum Gasteiger partial charge on any atom is 0.0753 e. The monoisotopic (exact) mass is 297 g/mol. The Morgan fingerprint density at radius 1 is 1.05 bits per heavy atom. The molecule has 22 heavy (non-hydrogen) atoms. The average Bonchev–Trinajstić information content (AvgIpc) is 3.04. The Morgan fingerprint density at radius 2 is 1.95 bits per heavy atom. The summed E-state index contributed by atoms with van der Waals surface area (Å²) in [4.78, 5) is 11.2. The molecule has 4 heteroatoms. The van der Waals surface area contributed by atoms with Gasteiger partial charge in [-0.3, -0.25) is 9.97 Å². The van der Waals surface area contributed by atoms with Crippen LogP contribution in [0, 0.1) is 5.92 Å². The molecule has 0 radical (unpaired) electrons. The summed E-state index contributed by atoms with van der Waals surface area (Å²) in [6.45, 7) is 1.07. The lowest BCUT2D eigenvalue weighted by Crippen LogP contribution is -2.42. The Bertz CT molecular complexity index is 654. The first kappa shape index (κ1) is 13.9. The zero-order valence-corrected chi connectivity index (χ0v) is 12.9. The summed E-state index contributed by atoms with van der Waals surface area (Å²) < 4.78 is 0. The third kappa shape index (κ3) is 2.35. The molecule has 2 aromatic heterocycles. The van der Waals surface area contributed by atoms with Crippen molar-refractivity contribution in [3.8, 4) is 0 Å². The number of aliphatic hydroxyl groups excluding tert-OH is 1. The van der Waals surface area contributed by atoms with Crippen LogP contribution in [0.5, 0.6) is 0 Å². The zero-order valence-electron chi connectivity index (χ0n) is 12.9. The van der Waals surface area contributed by atoms with Crippen molar-refractivity contribution in [1.82, 2.24) is 9.97 Å². The van der Waals surface area contributed by atoms with E-state index in [1.807, 2.05) is 18.5 Å². The van der Waals surface area contributed by atoms with Crippen molar-refractivity contribution in [3.63, 3.8) is 0 Å². The number of fused-ring (bicyclic) bond motifs is 1. The van der Waals surface area contributed by atoms with E-state index >= 15 is 0 Å². The molecule has 116 valence electrons. The predicted molar refractivity (Wildman–Crippen MR) is 87.9 cm³/mol. The number of aromatic nitrogens is 2. The van der Waals surface area contributed by atoms with Crippen molar-refractivity contribution in [2.75, 3.05) is 11.4 Å². The van der Waals surface area contributed by atoms with E-state index in [1.54, 1.807) is 6.20 Å². The van der Waals surface area contributed by atoms with Gasteiger partial charge in [0.15, 0.2) is 0 Å². The molecule has 1 aliphatic carbocycles. The molecule has 3 unspecified atom stereocenters. The minimum atomic E-state index is -0.134. The first-order valence-electron chi connectivity index (χ1n) is 8.48. The Balaban J connectivity index is 1.70. The maximum absolute atomic E-state index is 10.5. The maximum atomic E-state index is 10.5. The Hall–Kier alpha value is -1.68. The SMILES string of the molecule is OC1CCCCC1C1CCCN1c1ccnc2ccncc12. The van der Waals surface area contributed by atoms with Crippen LogP contribution in [0.1, 0.15) is 38.5 Å². The van der Waals surface area contributed by atoms with Gasteiger partial charge < -0.3 is 10.0 Å². The number of nitrogens with zero attached hydrogens (tertiary/aromatic N) is 3. The zero-order chi connectivity index (χ0) is 14.9. The van der Waals surface area contributed by atoms with E-state index in [2.05, 4.69) is 20.9 Å². The molecule has 2 aliphatic rings. The topological polar surface area (TPSA) is 49.2 Å². The van der Waals surface area contributed by atoms with Crippen LogP contribution in [-0.4, -0.2) is 33.8 Å². The van der Waals surface area contributed by atoms with E-state index in [0.29, 0.717) is 12.0 Å². The number of hydrogen-bond donors (Lipinski definition) is 1. The fraction of sp³-hybridized carbons (Fsp3) is 0.556. The van der Waals surface area contributed by atoms with Crippen molar-refractivity contribution in [1.29, 1.82) is 0 Å². The molecule has 1 N–H and O–H groups in total. The van der Waals surface area contributed by atoms with Crippen molar-refractivity contribution >= 4 is 16.6 Å². The van der Waals surface area contributed by atoms with Gasteiger partial charge in [-0.25, -0.2) is 0 Å². The highest BCUT2D eigenvalue weighted by Crippen LogP contribution is 2.38. The summed E-state index contributed by atoms with van der Waals surface area (Å²) in [6.07, 6.45) is 12.4. The van der Waals surface area contributed by atoms with Crippen molar-refractivity contribution in [3.05, 3.63) is 30.7 Å². The molecule has 0 bridgehead atoms. The van der Waals surface area contributed by atoms with Gasteiger partial charge in [-0.2, -0.15) is 0 Å². The number of anilines is 1. The molecule has 1 saturated carbocycles. The highest BCUT2D eigenvalue weighted by molar-refractivity contribution is 5.90. The van der Waals surface area contributed by atoms with Crippen LogP contribution in [0.2, 0.25) is 0 Å². The first-order chi connectivity index (χ1) is 10.8. The summed E-state index contributed by atoms with van der Waals surface area (Å²) >= 11 is 0. The smallest absolute Gasteiger partial charge is 0.0753 e. The van der Waals surface area contributed by atoms with E-state index < -0.39 is 0 Å². The molecule has 2 aromatic rings. The van der Waals surface area contributed by atoms with Crippen LogP contribution in [0.4, 0.5) is 5.69 Å². The third-order valence-corrected chi connectivity index (χ3v) is 5.40. The standard InChI is InChI=1S/C18H23N3O/c22-18-6-2-1-4-13(18)16-5-3-11-21(16)17-8-10-20-15-7-9-19-12-14(15)17/h7-10,12-13,16,18,22H,1-6,11H2. The van der Waals surface area contributed by atoms with Crippen LogP contribution in [0.25, 0.3) is 10.9 Å². The minimum Gasteiger partial charge on any atom is -0.393 e. The minimum absolute atomic E-state index is 0.134. The molecular formula is C18H23N3O. The van der Waals surface area contributed by atoms with Crippen LogP contribution in [0.15, 0.2) is 30.7 Å². The van der Waals surface area contributed by atoms with Crippen molar-refractivity contribution in [2.24, 2.45) is 5.92 Å². The fourth-order valence-corrected chi connectivity index (χ4v) is 4.35. The molecule has 4 nitrogen and oxygen atoms in total. The average molecular weight is 297 g/mol. The third-order valence-electron chi connectivity index (χ3n) is 5.40. The molecule has 2 fully saturated rings. The Kier molecular flexibility index (Phi) is 3.70. The highest BCUT2D eigenvalue weighted by atomic mass is 16.3. The van der Waals surface area contributed by atoms with Gasteiger partial charge in [-0.15, -0.1) is 0 Å². The lowest BCUT2D eigenvalue weighted by Gasteiger charge is -2.38. The quantitative estimate of drug-likeness (QED) is 0.925. The second-order valence-electron chi connectivity index (χ2n) is 6.64. The lowest BCUT2D eigenvalue weighted by atomic mass is 9.80. The second kappa shape index (κ2) is 5.84. The Labute approximate surface area is 131 Å². The second-order valence-corrected chi connectivity index (χ2v) is 6.64. The molecule has 0 amide bonds. The van der Waals surface area contributed by atoms with Gasteiger partial charge in [0.2, 0.25) is 0 Å². The van der Waals surface area contributed by atoms with E-state index in [1.165, 1.54) is 31.4 Å². The largest absolute Gasteiger partial charge is 0.393 e. The van der Waals surface area contributed by atoms with E-state index in [4.69, 9.17) is 0 Å². The molecular weight excluding hydrogens is 274 g/mol. The van der Waals surface area contributed by atoms with Crippen molar-refractivity contribution < 1.29 is 5.11 Å². The summed E-state index contributed by atoms with van der Waals surface area (Å²) in [7, 11) is 0. The van der Waals surface area contributed by atoms with E-state index in [9.17, 15) is 5.11 Å². The summed E-state index contributed by atoms with van der Waals surface area (Å²) in [5, 5.41) is 11.6. The van der Waals surface area contributed by atoms with Crippen LogP contribution in [-0.2, 0) is 0 Å². The molecule has 3 heterocycles. The van der Waals surface area contributed by atoms with Gasteiger partial charge in [0.05, 0.1) is 11.6 Å². The molecule has 0 aromatic carbocycles. The summed E-state index contributed by atoms with van der Waals surface area (Å²) in [5.74, 6) is 0.413. The van der Waals surface area contributed by atoms with E-state index in [-0.39, 0.29) is 6.10 Å². The molecule has 3 atom stereocenters. The number of hydrogen-bond acceptors (Lipinski definition) is 4. The molecule has 0 spiro atoms. The van der Waals surface area contributed by atoms with Gasteiger partial charge in [-0.05, 0) is 37.8 Å². The number of aliphatic hydroxyl groups is 1. The summed E-state index contributed by atoms with van der Waals surface area (Å²) in [5.41, 5.74) is 2.24. The predicted octanol–water partition coefficient (Wildman–Crippen LogP) is 3.15. The van der Waals surface area contributed by atoms with Crippen molar-refractivity contribution in [2.45, 2.75) is 50.7 Å². The number of pyridine rings is 2. The van der Waals surface area contributed by atoms with Gasteiger partial charge in [0.1, 0.15) is 0 Å². The highest BCUT2D eigenvalue weighted by Gasteiger charge is 2.37. The molecule has 4 rings (SSSR count). The summed E-state index contributed by atoms with van der Waals surface area (Å²) in [6, 6.07) is 4.54. The normalized spacial score (nSPS) is 29.1. The van der Waals surface area contributed by atoms with Gasteiger partial charge >= 0.3 is 0 Å². The van der Waals surface area contributed by atoms with Crippen LogP contribution < -0.4 is 4.90 Å². The van der Waals surface area contributed by atoms with Gasteiger partial charge in [0.25, 0.3) is 0 Å². The first-order valence-corrected chi connectivity index (χ1v) is 8.48. The molecule has 1 aliphatic heterocycles.